The summed E-state index contributed by atoms with van der Waals surface area (Å²) in [5, 5.41) is 21.5. The third-order valence-electron chi connectivity index (χ3n) is 9.12. The molecule has 2 aromatic rings. The van der Waals surface area contributed by atoms with Gasteiger partial charge in [0.05, 0.1) is 5.41 Å². The highest BCUT2D eigenvalue weighted by molar-refractivity contribution is 7.94. The van der Waals surface area contributed by atoms with E-state index in [2.05, 4.69) is 125 Å². The molecule has 2 unspecified atom stereocenters. The van der Waals surface area contributed by atoms with Gasteiger partial charge in [0.25, 0.3) is 0 Å². The van der Waals surface area contributed by atoms with Crippen LogP contribution in [0.3, 0.4) is 0 Å². The van der Waals surface area contributed by atoms with Gasteiger partial charge >= 0.3 is 5.97 Å². The molecule has 0 saturated heterocycles. The molecule has 2 aromatic carbocycles. The normalized spacial score (nSPS) is 22.1. The molecule has 0 amide bonds. The van der Waals surface area contributed by atoms with Gasteiger partial charge in [0.15, 0.2) is 5.71 Å². The number of carboxylic acid groups (broad SMARTS) is 1. The van der Waals surface area contributed by atoms with Crippen LogP contribution in [0.1, 0.15) is 83.8 Å². The molecule has 2 heterocycles. The average molecular weight is 620 g/mol. The molecule has 0 fully saturated rings. The Bertz CT molecular complexity index is 1420. The number of para-hydroxylation sites is 2. The first kappa shape index (κ1) is 33.7. The second-order valence-corrected chi connectivity index (χ2v) is 12.7. The lowest BCUT2D eigenvalue weighted by atomic mass is 9.76. The molecular formula is C36H47N2O5S+. The number of carboxylic acids is 1. The number of hydrogen-bond acceptors (Lipinski definition) is 6. The molecule has 44 heavy (non-hydrogen) atoms. The second-order valence-electron chi connectivity index (χ2n) is 11.9. The summed E-state index contributed by atoms with van der Waals surface area (Å²) in [5.74, 6) is -0.0407. The van der Waals surface area contributed by atoms with Gasteiger partial charge in [-0.25, -0.2) is 5.26 Å². The predicted octanol–water partition coefficient (Wildman–Crippen LogP) is 8.74. The van der Waals surface area contributed by atoms with Gasteiger partial charge in [0.1, 0.15) is 6.54 Å². The number of unbranched alkanes of at least 4 members (excludes halogenated alkanes) is 1. The summed E-state index contributed by atoms with van der Waals surface area (Å²) in [4.78, 5) is 13.8. The molecule has 0 saturated carbocycles. The minimum Gasteiger partial charge on any atom is -0.481 e. The van der Waals surface area contributed by atoms with E-state index in [0.29, 0.717) is 12.2 Å². The molecule has 4 rings (SSSR count). The monoisotopic (exact) mass is 619 g/mol. The Balaban J connectivity index is 1.63. The molecule has 0 aromatic heterocycles. The zero-order chi connectivity index (χ0) is 31.6. The lowest BCUT2D eigenvalue weighted by molar-refractivity contribution is -0.433. The quantitative estimate of drug-likeness (QED) is 0.0458. The van der Waals surface area contributed by atoms with E-state index in [1.165, 1.54) is 33.9 Å². The van der Waals surface area contributed by atoms with Crippen molar-refractivity contribution >= 4 is 35.1 Å². The first-order valence-corrected chi connectivity index (χ1v) is 16.7. The van der Waals surface area contributed by atoms with E-state index in [0.717, 1.165) is 57.2 Å². The van der Waals surface area contributed by atoms with E-state index in [1.807, 2.05) is 0 Å². The van der Waals surface area contributed by atoms with E-state index < -0.39 is 5.97 Å². The van der Waals surface area contributed by atoms with Gasteiger partial charge in [-0.15, -0.1) is 4.33 Å². The molecule has 7 nitrogen and oxygen atoms in total. The van der Waals surface area contributed by atoms with Crippen molar-refractivity contribution in [3.63, 3.8) is 0 Å². The fraction of sp³-hybridized carbons (Fsp3) is 0.444. The largest absolute Gasteiger partial charge is 0.481 e. The molecule has 0 aliphatic carbocycles. The Morgan fingerprint density at radius 3 is 2.41 bits per heavy atom. The number of nitrogens with zero attached hydrogens (tertiary/aromatic N) is 2. The number of aliphatic carboxylic acids is 1. The molecular weight excluding hydrogens is 572 g/mol. The van der Waals surface area contributed by atoms with Gasteiger partial charge in [-0.1, -0.05) is 73.0 Å². The van der Waals surface area contributed by atoms with Gasteiger partial charge in [0, 0.05) is 65.3 Å². The summed E-state index contributed by atoms with van der Waals surface area (Å²) in [6.07, 6.45) is 16.4. The van der Waals surface area contributed by atoms with Crippen LogP contribution in [0.5, 0.6) is 0 Å². The second kappa shape index (κ2) is 15.7. The summed E-state index contributed by atoms with van der Waals surface area (Å²) in [6.45, 7) is 10.8. The minimum absolute atomic E-state index is 0.164. The highest BCUT2D eigenvalue weighted by Gasteiger charge is 2.46. The van der Waals surface area contributed by atoms with Crippen LogP contribution in [0.15, 0.2) is 84.6 Å². The molecule has 0 spiro atoms. The number of benzene rings is 2. The van der Waals surface area contributed by atoms with Crippen molar-refractivity contribution in [2.75, 3.05) is 23.7 Å². The fourth-order valence-electron chi connectivity index (χ4n) is 6.94. The maximum Gasteiger partial charge on any atom is 0.303 e. The van der Waals surface area contributed by atoms with Crippen LogP contribution in [0.2, 0.25) is 0 Å². The number of allylic oxidation sites excluding steroid dienone is 6. The summed E-state index contributed by atoms with van der Waals surface area (Å²) >= 11 is 1.10. The predicted molar refractivity (Wildman–Crippen MR) is 180 cm³/mol. The van der Waals surface area contributed by atoms with Crippen LogP contribution in [-0.4, -0.2) is 45.5 Å². The molecule has 8 heteroatoms. The van der Waals surface area contributed by atoms with Crippen molar-refractivity contribution in [1.29, 1.82) is 0 Å². The van der Waals surface area contributed by atoms with Gasteiger partial charge in [-0.3, -0.25) is 4.79 Å². The van der Waals surface area contributed by atoms with Crippen LogP contribution in [0, 0.1) is 0 Å². The Morgan fingerprint density at radius 2 is 1.68 bits per heavy atom. The highest BCUT2D eigenvalue weighted by Crippen LogP contribution is 2.50. The third-order valence-corrected chi connectivity index (χ3v) is 9.74. The number of anilines is 1. The first-order chi connectivity index (χ1) is 21.3. The Labute approximate surface area is 266 Å². The standard InChI is InChI=1S/C36H46N2O5S/c1-5-7-26-38-31-20-14-12-18-29(31)35(3,24-15-23-34(39)40)33(38)22-10-8-9-21-32-36(4,25-16-27-44-43-42-41)28-17-11-13-19-30(28)37(32)6-2/h8-14,17-22H,5-7,15-16,23-27H2,1-4H3,(H-,39,40,41)/p+1. The van der Waals surface area contributed by atoms with Crippen LogP contribution in [-0.2, 0) is 25.0 Å². The highest BCUT2D eigenvalue weighted by atomic mass is 32.2. The molecule has 2 atom stereocenters. The van der Waals surface area contributed by atoms with Crippen LogP contribution in [0.4, 0.5) is 11.4 Å². The number of fused-ring (bicyclic) bond motifs is 2. The summed E-state index contributed by atoms with van der Waals surface area (Å²) in [7, 11) is 0. The van der Waals surface area contributed by atoms with E-state index in [1.54, 1.807) is 0 Å². The Hall–Kier alpha value is -3.17. The number of hydrogen-bond donors (Lipinski definition) is 2. The summed E-state index contributed by atoms with van der Waals surface area (Å²) < 4.78 is 7.00. The molecule has 236 valence electrons. The van der Waals surface area contributed by atoms with Crippen LogP contribution in [0.25, 0.3) is 0 Å². The average Bonchev–Trinajstić information content (AvgIpc) is 3.40. The molecule has 0 radical (unpaired) electrons. The van der Waals surface area contributed by atoms with Crippen molar-refractivity contribution in [3.8, 4) is 0 Å². The lowest BCUT2D eigenvalue weighted by Gasteiger charge is -2.30. The van der Waals surface area contributed by atoms with Crippen molar-refractivity contribution in [2.24, 2.45) is 0 Å². The number of rotatable bonds is 17. The maximum atomic E-state index is 11.4. The topological polar surface area (TPSA) is 82.2 Å². The van der Waals surface area contributed by atoms with E-state index in [4.69, 9.17) is 5.26 Å². The van der Waals surface area contributed by atoms with Gasteiger partial charge in [-0.2, -0.15) is 4.58 Å². The van der Waals surface area contributed by atoms with Crippen LogP contribution < -0.4 is 4.90 Å². The zero-order valence-electron chi connectivity index (χ0n) is 26.5. The van der Waals surface area contributed by atoms with Crippen molar-refractivity contribution in [2.45, 2.75) is 83.5 Å². The molecule has 2 aliphatic heterocycles. The SMILES string of the molecule is CCCCN1/C(=C/C=C/C=C/C2=[N+](CC)c3ccccc3C2(C)CCCSOOO)C(C)(CCCC(=O)O)c2ccccc21. The zero-order valence-corrected chi connectivity index (χ0v) is 27.3. The minimum atomic E-state index is -0.746. The van der Waals surface area contributed by atoms with E-state index in [9.17, 15) is 9.90 Å². The van der Waals surface area contributed by atoms with Gasteiger partial charge in [-0.05, 0) is 70.6 Å². The maximum absolute atomic E-state index is 11.4. The summed E-state index contributed by atoms with van der Waals surface area (Å²) in [5.41, 5.74) is 7.16. The third kappa shape index (κ3) is 7.20. The van der Waals surface area contributed by atoms with Crippen LogP contribution >= 0.6 is 12.0 Å². The van der Waals surface area contributed by atoms with Crippen molar-refractivity contribution in [3.05, 3.63) is 95.7 Å². The van der Waals surface area contributed by atoms with Crippen molar-refractivity contribution < 1.29 is 29.1 Å². The van der Waals surface area contributed by atoms with Gasteiger partial charge in [0.2, 0.25) is 5.69 Å². The van der Waals surface area contributed by atoms with Gasteiger partial charge < -0.3 is 10.0 Å². The van der Waals surface area contributed by atoms with E-state index >= 15 is 0 Å². The van der Waals surface area contributed by atoms with Crippen molar-refractivity contribution in [1.82, 2.24) is 0 Å². The first-order valence-electron chi connectivity index (χ1n) is 15.8. The fourth-order valence-corrected chi connectivity index (χ4v) is 7.32. The summed E-state index contributed by atoms with van der Waals surface area (Å²) in [6, 6.07) is 17.2. The number of carbonyl (C=O) groups is 1. The molecule has 2 aliphatic rings. The molecule has 0 bridgehead atoms. The Morgan fingerprint density at radius 1 is 0.955 bits per heavy atom. The molecule has 2 N–H and O–H groups in total. The lowest BCUT2D eigenvalue weighted by Crippen LogP contribution is -2.31. The Kier molecular flexibility index (Phi) is 12.0. The van der Waals surface area contributed by atoms with E-state index in [-0.39, 0.29) is 17.3 Å². The smallest absolute Gasteiger partial charge is 0.303 e.